The van der Waals surface area contributed by atoms with Crippen LogP contribution in [0, 0.1) is 10.1 Å². The van der Waals surface area contributed by atoms with Crippen molar-refractivity contribution in [2.45, 2.75) is 0 Å². The van der Waals surface area contributed by atoms with E-state index in [9.17, 15) is 10.1 Å². The molecule has 5 rings (SSSR count). The predicted molar refractivity (Wildman–Crippen MR) is 104 cm³/mol. The average molecular weight is 389 g/mol. The maximum Gasteiger partial charge on any atom is 0.269 e. The van der Waals surface area contributed by atoms with Gasteiger partial charge in [0.15, 0.2) is 10.8 Å². The molecule has 0 radical (unpaired) electrons. The normalized spacial score (nSPS) is 11.1. The molecule has 0 saturated carbocycles. The molecule has 9 nitrogen and oxygen atoms in total. The van der Waals surface area contributed by atoms with Gasteiger partial charge in [-0.05, 0) is 18.2 Å². The molecule has 136 valence electrons. The summed E-state index contributed by atoms with van der Waals surface area (Å²) in [6, 6.07) is 17.9. The van der Waals surface area contributed by atoms with Crippen LogP contribution in [0.2, 0.25) is 0 Å². The average Bonchev–Trinajstić information content (AvgIpc) is 3.44. The first-order valence-corrected chi connectivity index (χ1v) is 9.09. The van der Waals surface area contributed by atoms with Crippen LogP contribution >= 0.6 is 11.3 Å². The number of nitro groups is 1. The highest BCUT2D eigenvalue weighted by Crippen LogP contribution is 2.29. The van der Waals surface area contributed by atoms with Crippen molar-refractivity contribution in [2.75, 3.05) is 0 Å². The highest BCUT2D eigenvalue weighted by atomic mass is 32.1. The van der Waals surface area contributed by atoms with Gasteiger partial charge in [-0.1, -0.05) is 41.7 Å². The zero-order valence-corrected chi connectivity index (χ0v) is 15.0. The fourth-order valence-corrected chi connectivity index (χ4v) is 3.63. The number of aromatic amines is 1. The number of non-ortho nitro benzene ring substituents is 1. The summed E-state index contributed by atoms with van der Waals surface area (Å²) in [7, 11) is 0. The maximum absolute atomic E-state index is 10.8. The van der Waals surface area contributed by atoms with Crippen LogP contribution in [-0.4, -0.2) is 34.9 Å². The maximum atomic E-state index is 10.8. The molecular weight excluding hydrogens is 378 g/mol. The van der Waals surface area contributed by atoms with E-state index in [2.05, 4.69) is 25.5 Å². The summed E-state index contributed by atoms with van der Waals surface area (Å²) in [6.45, 7) is 0. The van der Waals surface area contributed by atoms with Gasteiger partial charge in [0.05, 0.1) is 16.3 Å². The van der Waals surface area contributed by atoms with Gasteiger partial charge in [0.2, 0.25) is 4.96 Å². The number of nitro benzene ring substituents is 1. The number of nitrogens with one attached hydrogen (secondary N) is 1. The van der Waals surface area contributed by atoms with Crippen molar-refractivity contribution < 1.29 is 4.92 Å². The van der Waals surface area contributed by atoms with Crippen LogP contribution in [0.3, 0.4) is 0 Å². The standard InChI is InChI=1S/C18H11N7O2S/c26-25(27)13-8-6-12(7-9-13)16-21-22-18-24(16)23-17(28-18)15-10-14(19-20-15)11-4-2-1-3-5-11/h1-10H,(H,19,20). The van der Waals surface area contributed by atoms with E-state index in [4.69, 9.17) is 0 Å². The summed E-state index contributed by atoms with van der Waals surface area (Å²) >= 11 is 1.38. The van der Waals surface area contributed by atoms with E-state index in [1.54, 1.807) is 16.6 Å². The molecule has 0 unspecified atom stereocenters. The van der Waals surface area contributed by atoms with Gasteiger partial charge in [-0.3, -0.25) is 15.2 Å². The Morgan fingerprint density at radius 1 is 1.00 bits per heavy atom. The molecular formula is C18H11N7O2S. The molecule has 0 fully saturated rings. The lowest BCUT2D eigenvalue weighted by Gasteiger charge is -1.96. The van der Waals surface area contributed by atoms with E-state index >= 15 is 0 Å². The minimum atomic E-state index is -0.438. The van der Waals surface area contributed by atoms with E-state index in [1.165, 1.54) is 23.5 Å². The van der Waals surface area contributed by atoms with E-state index in [-0.39, 0.29) is 5.69 Å². The van der Waals surface area contributed by atoms with Crippen LogP contribution < -0.4 is 0 Å². The number of nitrogens with zero attached hydrogens (tertiary/aromatic N) is 6. The quantitative estimate of drug-likeness (QED) is 0.369. The zero-order chi connectivity index (χ0) is 19.1. The molecule has 0 aliphatic heterocycles. The molecule has 0 amide bonds. The number of rotatable bonds is 4. The van der Waals surface area contributed by atoms with Crippen molar-refractivity contribution >= 4 is 22.0 Å². The predicted octanol–water partition coefficient (Wildman–Crippen LogP) is 3.82. The van der Waals surface area contributed by atoms with Gasteiger partial charge in [0.1, 0.15) is 0 Å². The molecule has 1 N–H and O–H groups in total. The van der Waals surface area contributed by atoms with E-state index in [1.807, 2.05) is 36.4 Å². The summed E-state index contributed by atoms with van der Waals surface area (Å²) in [6.07, 6.45) is 0. The Kier molecular flexibility index (Phi) is 3.69. The van der Waals surface area contributed by atoms with Crippen molar-refractivity contribution in [2.24, 2.45) is 0 Å². The lowest BCUT2D eigenvalue weighted by atomic mass is 10.1. The molecule has 3 aromatic heterocycles. The van der Waals surface area contributed by atoms with E-state index in [0.29, 0.717) is 16.3 Å². The number of hydrogen-bond acceptors (Lipinski definition) is 7. The molecule has 0 aliphatic rings. The molecule has 28 heavy (non-hydrogen) atoms. The Morgan fingerprint density at radius 3 is 2.54 bits per heavy atom. The Hall–Kier alpha value is -3.92. The third kappa shape index (κ3) is 2.72. The number of benzene rings is 2. The molecule has 0 saturated heterocycles. The topological polar surface area (TPSA) is 115 Å². The van der Waals surface area contributed by atoms with Crippen LogP contribution in [0.4, 0.5) is 5.69 Å². The van der Waals surface area contributed by atoms with E-state index < -0.39 is 4.92 Å². The fourth-order valence-electron chi connectivity index (χ4n) is 2.83. The minimum Gasteiger partial charge on any atom is -0.275 e. The molecule has 2 aromatic carbocycles. The van der Waals surface area contributed by atoms with Gasteiger partial charge in [-0.25, -0.2) is 0 Å². The number of hydrogen-bond donors (Lipinski definition) is 1. The lowest BCUT2D eigenvalue weighted by molar-refractivity contribution is -0.384. The summed E-state index contributed by atoms with van der Waals surface area (Å²) in [5.74, 6) is 0.523. The minimum absolute atomic E-state index is 0.0226. The first-order valence-electron chi connectivity index (χ1n) is 8.27. The third-order valence-corrected chi connectivity index (χ3v) is 5.14. The molecule has 0 spiro atoms. The van der Waals surface area contributed by atoms with E-state index in [0.717, 1.165) is 22.0 Å². The van der Waals surface area contributed by atoms with Gasteiger partial charge >= 0.3 is 0 Å². The molecule has 0 aliphatic carbocycles. The van der Waals surface area contributed by atoms with Crippen molar-refractivity contribution in [1.29, 1.82) is 0 Å². The lowest BCUT2D eigenvalue weighted by Crippen LogP contribution is -1.92. The summed E-state index contributed by atoms with van der Waals surface area (Å²) in [5.41, 5.74) is 3.35. The second-order valence-electron chi connectivity index (χ2n) is 5.96. The summed E-state index contributed by atoms with van der Waals surface area (Å²) in [4.78, 5) is 11.0. The van der Waals surface area contributed by atoms with Crippen molar-refractivity contribution in [3.8, 4) is 33.3 Å². The Bertz CT molecular complexity index is 1290. The highest BCUT2D eigenvalue weighted by Gasteiger charge is 2.17. The number of H-pyrrole nitrogens is 1. The highest BCUT2D eigenvalue weighted by molar-refractivity contribution is 7.19. The molecule has 5 aromatic rings. The van der Waals surface area contributed by atoms with Crippen LogP contribution in [-0.2, 0) is 0 Å². The SMILES string of the molecule is O=[N+]([O-])c1ccc(-c2nnc3sc(-c4cc(-c5ccccc5)n[nH]4)nn23)cc1. The summed E-state index contributed by atoms with van der Waals surface area (Å²) < 4.78 is 1.63. The van der Waals surface area contributed by atoms with Crippen LogP contribution in [0.1, 0.15) is 0 Å². The van der Waals surface area contributed by atoms with Crippen molar-refractivity contribution in [3.05, 3.63) is 70.8 Å². The first-order chi connectivity index (χ1) is 13.7. The Morgan fingerprint density at radius 2 is 1.79 bits per heavy atom. The van der Waals surface area contributed by atoms with Gasteiger partial charge in [-0.15, -0.1) is 10.2 Å². The van der Waals surface area contributed by atoms with Crippen LogP contribution in [0.15, 0.2) is 60.7 Å². The smallest absolute Gasteiger partial charge is 0.269 e. The molecule has 10 heteroatoms. The van der Waals surface area contributed by atoms with Gasteiger partial charge in [0.25, 0.3) is 5.69 Å². The van der Waals surface area contributed by atoms with Crippen LogP contribution in [0.25, 0.3) is 38.3 Å². The van der Waals surface area contributed by atoms with Crippen LogP contribution in [0.5, 0.6) is 0 Å². The second-order valence-corrected chi connectivity index (χ2v) is 6.92. The van der Waals surface area contributed by atoms with Gasteiger partial charge < -0.3 is 0 Å². The zero-order valence-electron chi connectivity index (χ0n) is 14.2. The Labute approximate surface area is 161 Å². The number of fused-ring (bicyclic) bond motifs is 1. The number of aromatic nitrogens is 6. The summed E-state index contributed by atoms with van der Waals surface area (Å²) in [5, 5.41) is 31.8. The third-order valence-electron chi connectivity index (χ3n) is 4.21. The van der Waals surface area contributed by atoms with Gasteiger partial charge in [-0.2, -0.15) is 14.7 Å². The van der Waals surface area contributed by atoms with Crippen molar-refractivity contribution in [1.82, 2.24) is 30.0 Å². The molecule has 0 bridgehead atoms. The largest absolute Gasteiger partial charge is 0.275 e. The second kappa shape index (κ2) is 6.35. The molecule has 0 atom stereocenters. The Balaban J connectivity index is 1.51. The van der Waals surface area contributed by atoms with Gasteiger partial charge in [0, 0.05) is 23.3 Å². The monoisotopic (exact) mass is 389 g/mol. The first kappa shape index (κ1) is 16.3. The molecule has 3 heterocycles. The fraction of sp³-hybridized carbons (Fsp3) is 0. The van der Waals surface area contributed by atoms with Crippen molar-refractivity contribution in [3.63, 3.8) is 0 Å².